The van der Waals surface area contributed by atoms with E-state index in [4.69, 9.17) is 0 Å². The Hall–Kier alpha value is -1.51. The van der Waals surface area contributed by atoms with Crippen LogP contribution in [0.5, 0.6) is 0 Å². The predicted octanol–water partition coefficient (Wildman–Crippen LogP) is 3.01. The second kappa shape index (κ2) is 10.4. The molecule has 1 fully saturated rings. The maximum atomic E-state index is 12.1. The first-order valence-corrected chi connectivity index (χ1v) is 8.20. The van der Waals surface area contributed by atoms with E-state index in [2.05, 4.69) is 34.8 Å². The Balaban J connectivity index is 0.00000288. The normalized spacial score (nSPS) is 14.3. The summed E-state index contributed by atoms with van der Waals surface area (Å²) in [7, 11) is 1.75. The second-order valence-electron chi connectivity index (χ2n) is 6.05. The van der Waals surface area contributed by atoms with Crippen molar-refractivity contribution in [1.82, 2.24) is 15.5 Å². The van der Waals surface area contributed by atoms with Crippen molar-refractivity contribution in [2.75, 3.05) is 25.5 Å². The highest BCUT2D eigenvalue weighted by atomic mass is 127. The lowest BCUT2D eigenvalue weighted by atomic mass is 10.2. The molecule has 0 aromatic heterocycles. The molecular formula is C17H28IN5O. The van der Waals surface area contributed by atoms with E-state index in [1.165, 1.54) is 0 Å². The number of amides is 2. The number of carbonyl (C=O) groups excluding carboxylic acids is 1. The van der Waals surface area contributed by atoms with E-state index in [0.717, 1.165) is 43.1 Å². The van der Waals surface area contributed by atoms with Gasteiger partial charge in [0, 0.05) is 38.4 Å². The zero-order valence-electron chi connectivity index (χ0n) is 14.6. The van der Waals surface area contributed by atoms with Gasteiger partial charge < -0.3 is 20.9 Å². The molecule has 0 bridgehead atoms. The van der Waals surface area contributed by atoms with Crippen LogP contribution in [0.3, 0.4) is 0 Å². The first kappa shape index (κ1) is 20.5. The Labute approximate surface area is 161 Å². The largest absolute Gasteiger partial charge is 0.354 e. The zero-order valence-corrected chi connectivity index (χ0v) is 17.0. The summed E-state index contributed by atoms with van der Waals surface area (Å²) in [6.45, 7) is 6.50. The molecule has 0 atom stereocenters. The van der Waals surface area contributed by atoms with Crippen LogP contribution in [0.25, 0.3) is 0 Å². The van der Waals surface area contributed by atoms with Gasteiger partial charge in [0.1, 0.15) is 0 Å². The molecule has 134 valence electrons. The number of benzene rings is 1. The molecule has 1 aromatic rings. The van der Waals surface area contributed by atoms with Gasteiger partial charge in [-0.2, -0.15) is 0 Å². The number of likely N-dealkylation sites (tertiary alicyclic amines) is 1. The molecular weight excluding hydrogens is 417 g/mol. The van der Waals surface area contributed by atoms with Crippen LogP contribution in [-0.2, 0) is 6.54 Å². The van der Waals surface area contributed by atoms with Gasteiger partial charge in [-0.05, 0) is 44.4 Å². The molecule has 3 N–H and O–H groups in total. The van der Waals surface area contributed by atoms with E-state index in [1.807, 2.05) is 29.2 Å². The maximum absolute atomic E-state index is 12.1. The first-order valence-electron chi connectivity index (χ1n) is 8.20. The number of nitrogens with one attached hydrogen (secondary N) is 3. The van der Waals surface area contributed by atoms with Crippen molar-refractivity contribution in [3.05, 3.63) is 29.8 Å². The van der Waals surface area contributed by atoms with Crippen LogP contribution < -0.4 is 16.0 Å². The minimum Gasteiger partial charge on any atom is -0.354 e. The number of urea groups is 1. The maximum Gasteiger partial charge on any atom is 0.321 e. The Kier molecular flexibility index (Phi) is 8.88. The average molecular weight is 445 g/mol. The summed E-state index contributed by atoms with van der Waals surface area (Å²) in [4.78, 5) is 18.2. The number of hydrogen-bond donors (Lipinski definition) is 3. The van der Waals surface area contributed by atoms with Gasteiger partial charge in [-0.1, -0.05) is 12.1 Å². The molecule has 0 aliphatic carbocycles. The van der Waals surface area contributed by atoms with E-state index in [1.54, 1.807) is 7.05 Å². The van der Waals surface area contributed by atoms with Crippen LogP contribution >= 0.6 is 24.0 Å². The third-order valence-corrected chi connectivity index (χ3v) is 3.68. The van der Waals surface area contributed by atoms with Gasteiger partial charge in [-0.15, -0.1) is 24.0 Å². The van der Waals surface area contributed by atoms with E-state index >= 15 is 0 Å². The van der Waals surface area contributed by atoms with Crippen molar-refractivity contribution in [2.24, 2.45) is 4.99 Å². The van der Waals surface area contributed by atoms with Crippen LogP contribution in [-0.4, -0.2) is 43.1 Å². The number of aliphatic imine (C=N–C) groups is 1. The van der Waals surface area contributed by atoms with Crippen LogP contribution in [0.1, 0.15) is 32.3 Å². The predicted molar refractivity (Wildman–Crippen MR) is 110 cm³/mol. The van der Waals surface area contributed by atoms with Crippen molar-refractivity contribution >= 4 is 41.7 Å². The van der Waals surface area contributed by atoms with E-state index < -0.39 is 0 Å². The third-order valence-electron chi connectivity index (χ3n) is 3.68. The number of hydrogen-bond acceptors (Lipinski definition) is 2. The number of rotatable bonds is 4. The van der Waals surface area contributed by atoms with Crippen molar-refractivity contribution in [3.63, 3.8) is 0 Å². The van der Waals surface area contributed by atoms with Crippen LogP contribution in [0, 0.1) is 0 Å². The molecule has 24 heavy (non-hydrogen) atoms. The molecule has 2 amide bonds. The van der Waals surface area contributed by atoms with Crippen LogP contribution in [0.2, 0.25) is 0 Å². The summed E-state index contributed by atoms with van der Waals surface area (Å²) < 4.78 is 0. The fourth-order valence-corrected chi connectivity index (χ4v) is 2.54. The molecule has 1 aliphatic heterocycles. The molecule has 6 nitrogen and oxygen atoms in total. The topological polar surface area (TPSA) is 68.8 Å². The Morgan fingerprint density at radius 1 is 1.29 bits per heavy atom. The highest BCUT2D eigenvalue weighted by Gasteiger charge is 2.17. The van der Waals surface area contributed by atoms with Crippen molar-refractivity contribution < 1.29 is 4.79 Å². The Morgan fingerprint density at radius 2 is 2.00 bits per heavy atom. The lowest BCUT2D eigenvalue weighted by molar-refractivity contribution is 0.222. The van der Waals surface area contributed by atoms with Gasteiger partial charge >= 0.3 is 6.03 Å². The molecule has 1 aromatic carbocycles. The summed E-state index contributed by atoms with van der Waals surface area (Å²) >= 11 is 0. The first-order chi connectivity index (χ1) is 11.1. The van der Waals surface area contributed by atoms with E-state index in [0.29, 0.717) is 12.6 Å². The number of nitrogens with zero attached hydrogens (tertiary/aromatic N) is 2. The SMILES string of the molecule is CN=C(NCc1cccc(NC(=O)N2CCCC2)c1)NC(C)C.I. The molecule has 0 saturated carbocycles. The zero-order chi connectivity index (χ0) is 16.7. The monoisotopic (exact) mass is 445 g/mol. The number of guanidine groups is 1. The molecule has 0 radical (unpaired) electrons. The molecule has 7 heteroatoms. The molecule has 1 heterocycles. The lowest BCUT2D eigenvalue weighted by Crippen LogP contribution is -2.40. The Morgan fingerprint density at radius 3 is 2.62 bits per heavy atom. The van der Waals surface area contributed by atoms with Gasteiger partial charge in [0.2, 0.25) is 0 Å². The third kappa shape index (κ3) is 6.54. The fourth-order valence-electron chi connectivity index (χ4n) is 2.54. The van der Waals surface area contributed by atoms with Crippen molar-refractivity contribution in [3.8, 4) is 0 Å². The summed E-state index contributed by atoms with van der Waals surface area (Å²) in [6.07, 6.45) is 2.19. The summed E-state index contributed by atoms with van der Waals surface area (Å²) in [5.74, 6) is 0.770. The van der Waals surface area contributed by atoms with E-state index in [-0.39, 0.29) is 30.0 Å². The Bertz CT molecular complexity index is 556. The molecule has 1 aliphatic rings. The van der Waals surface area contributed by atoms with Gasteiger partial charge in [0.05, 0.1) is 0 Å². The number of carbonyl (C=O) groups is 1. The van der Waals surface area contributed by atoms with Gasteiger partial charge in [-0.25, -0.2) is 4.79 Å². The quantitative estimate of drug-likeness (QED) is 0.379. The van der Waals surface area contributed by atoms with Gasteiger partial charge in [0.15, 0.2) is 5.96 Å². The highest BCUT2D eigenvalue weighted by molar-refractivity contribution is 14.0. The molecule has 2 rings (SSSR count). The van der Waals surface area contributed by atoms with Crippen LogP contribution in [0.15, 0.2) is 29.3 Å². The van der Waals surface area contributed by atoms with Gasteiger partial charge in [0.25, 0.3) is 0 Å². The second-order valence-corrected chi connectivity index (χ2v) is 6.05. The summed E-state index contributed by atoms with van der Waals surface area (Å²) in [6, 6.07) is 8.20. The number of anilines is 1. The minimum atomic E-state index is -0.00936. The van der Waals surface area contributed by atoms with Crippen molar-refractivity contribution in [1.29, 1.82) is 0 Å². The standard InChI is InChI=1S/C17H27N5O.HI/c1-13(2)20-16(18-3)19-12-14-7-6-8-15(11-14)21-17(23)22-9-4-5-10-22;/h6-8,11,13H,4-5,9-10,12H2,1-3H3,(H,21,23)(H2,18,19,20);1H. The average Bonchev–Trinajstić information content (AvgIpc) is 3.06. The molecule has 1 saturated heterocycles. The lowest BCUT2D eigenvalue weighted by Gasteiger charge is -2.17. The molecule has 0 spiro atoms. The van der Waals surface area contributed by atoms with Gasteiger partial charge in [-0.3, -0.25) is 4.99 Å². The highest BCUT2D eigenvalue weighted by Crippen LogP contribution is 2.14. The smallest absolute Gasteiger partial charge is 0.321 e. The van der Waals surface area contributed by atoms with E-state index in [9.17, 15) is 4.79 Å². The number of halogens is 1. The minimum absolute atomic E-state index is 0. The summed E-state index contributed by atoms with van der Waals surface area (Å²) in [5, 5.41) is 9.49. The van der Waals surface area contributed by atoms with Crippen molar-refractivity contribution in [2.45, 2.75) is 39.3 Å². The van der Waals surface area contributed by atoms with Crippen LogP contribution in [0.4, 0.5) is 10.5 Å². The fraction of sp³-hybridized carbons (Fsp3) is 0.529. The molecule has 0 unspecified atom stereocenters. The summed E-state index contributed by atoms with van der Waals surface area (Å²) in [5.41, 5.74) is 1.92.